The van der Waals surface area contributed by atoms with Gasteiger partial charge in [0.15, 0.2) is 0 Å². The van der Waals surface area contributed by atoms with Gasteiger partial charge in [0.2, 0.25) is 15.9 Å². The van der Waals surface area contributed by atoms with Gasteiger partial charge in [0.25, 0.3) is 12.9 Å². The van der Waals surface area contributed by atoms with Crippen molar-refractivity contribution in [1.29, 1.82) is 0 Å². The summed E-state index contributed by atoms with van der Waals surface area (Å²) in [4.78, 5) is 13.7. The lowest BCUT2D eigenvalue weighted by molar-refractivity contribution is -0.133. The molecular weight excluding hydrogens is 420 g/mol. The summed E-state index contributed by atoms with van der Waals surface area (Å²) in [5.41, 5.74) is -1.60. The van der Waals surface area contributed by atoms with E-state index in [1.54, 1.807) is 7.05 Å². The van der Waals surface area contributed by atoms with Gasteiger partial charge in [0.05, 0.1) is 6.20 Å². The second-order valence-electron chi connectivity index (χ2n) is 6.39. The third-order valence-corrected chi connectivity index (χ3v) is 6.32. The number of piperazine rings is 1. The number of carbonyl (C=O) groups excluding carboxylic acids is 1. The van der Waals surface area contributed by atoms with Gasteiger partial charge in [-0.05, 0) is 6.07 Å². The highest BCUT2D eigenvalue weighted by molar-refractivity contribution is 7.89. The first-order valence-electron chi connectivity index (χ1n) is 8.50. The van der Waals surface area contributed by atoms with Gasteiger partial charge in [-0.25, -0.2) is 26.0 Å². The molecule has 0 radical (unpaired) electrons. The summed E-state index contributed by atoms with van der Waals surface area (Å²) in [5.74, 6) is -0.616. The van der Waals surface area contributed by atoms with Crippen molar-refractivity contribution in [2.45, 2.75) is 24.3 Å². The van der Waals surface area contributed by atoms with Crippen molar-refractivity contribution in [2.75, 3.05) is 26.2 Å². The van der Waals surface area contributed by atoms with Crippen LogP contribution in [0.3, 0.4) is 0 Å². The van der Waals surface area contributed by atoms with Crippen LogP contribution in [0.4, 0.5) is 17.6 Å². The van der Waals surface area contributed by atoms with Gasteiger partial charge in [-0.15, -0.1) is 0 Å². The number of hydrogen-bond acceptors (Lipinski definition) is 5. The normalized spacial score (nSPS) is 16.2. The molecule has 0 atom stereocenters. The smallest absolute Gasteiger partial charge is 0.282 e. The molecule has 2 aromatic heterocycles. The Hall–Kier alpha value is -2.48. The number of alkyl halides is 4. The van der Waals surface area contributed by atoms with Crippen molar-refractivity contribution >= 4 is 15.9 Å². The minimum Gasteiger partial charge on any atom is -0.338 e. The molecule has 0 unspecified atom stereocenters. The number of nitrogens with zero attached hydrogens (tertiary/aromatic N) is 6. The van der Waals surface area contributed by atoms with Gasteiger partial charge < -0.3 is 4.90 Å². The van der Waals surface area contributed by atoms with Crippen molar-refractivity contribution in [1.82, 2.24) is 28.8 Å². The van der Waals surface area contributed by atoms with E-state index < -0.39 is 46.7 Å². The molecule has 1 aliphatic heterocycles. The summed E-state index contributed by atoms with van der Waals surface area (Å²) in [7, 11) is -2.18. The highest BCUT2D eigenvalue weighted by Crippen LogP contribution is 2.25. The predicted octanol–water partition coefficient (Wildman–Crippen LogP) is 1.02. The number of amides is 1. The zero-order chi connectivity index (χ0) is 21.3. The molecule has 1 aliphatic rings. The monoisotopic (exact) mass is 438 g/mol. The van der Waals surface area contributed by atoms with Crippen LogP contribution in [0.2, 0.25) is 0 Å². The van der Waals surface area contributed by atoms with Crippen LogP contribution >= 0.6 is 0 Å². The summed E-state index contributed by atoms with van der Waals surface area (Å²) in [6.07, 6.45) is -3.52. The van der Waals surface area contributed by atoms with Crippen LogP contribution in [-0.2, 0) is 28.4 Å². The largest absolute Gasteiger partial charge is 0.338 e. The fraction of sp³-hybridized carbons (Fsp3) is 0.533. The van der Waals surface area contributed by atoms with Gasteiger partial charge in [-0.3, -0.25) is 14.2 Å². The maximum atomic E-state index is 13.0. The Morgan fingerprint density at radius 2 is 1.79 bits per heavy atom. The Balaban J connectivity index is 1.65. The second kappa shape index (κ2) is 8.10. The topological polar surface area (TPSA) is 93.3 Å². The fourth-order valence-corrected chi connectivity index (χ4v) is 4.36. The van der Waals surface area contributed by atoms with E-state index in [2.05, 4.69) is 10.2 Å². The van der Waals surface area contributed by atoms with Crippen molar-refractivity contribution in [3.63, 3.8) is 0 Å². The summed E-state index contributed by atoms with van der Waals surface area (Å²) in [6, 6.07) is 0.570. The zero-order valence-corrected chi connectivity index (χ0v) is 16.1. The van der Waals surface area contributed by atoms with Crippen molar-refractivity contribution in [3.05, 3.63) is 29.8 Å². The minimum absolute atomic E-state index is 0.00602. The van der Waals surface area contributed by atoms with Gasteiger partial charge in [-0.1, -0.05) is 0 Å². The molecule has 3 rings (SSSR count). The molecule has 1 saturated heterocycles. The molecule has 0 bridgehead atoms. The molecule has 0 aliphatic carbocycles. The minimum atomic E-state index is -3.76. The summed E-state index contributed by atoms with van der Waals surface area (Å²) in [6.45, 7) is -0.559. The maximum Gasteiger partial charge on any atom is 0.282 e. The van der Waals surface area contributed by atoms with Gasteiger partial charge in [0, 0.05) is 39.4 Å². The van der Waals surface area contributed by atoms with E-state index in [1.807, 2.05) is 0 Å². The number of aromatic nitrogens is 4. The third kappa shape index (κ3) is 4.42. The van der Waals surface area contributed by atoms with E-state index in [9.17, 15) is 30.8 Å². The number of carbonyl (C=O) groups is 1. The maximum absolute atomic E-state index is 13.0. The van der Waals surface area contributed by atoms with Gasteiger partial charge in [-0.2, -0.15) is 14.5 Å². The van der Waals surface area contributed by atoms with E-state index in [4.69, 9.17) is 0 Å². The van der Waals surface area contributed by atoms with Crippen molar-refractivity contribution < 1.29 is 30.8 Å². The van der Waals surface area contributed by atoms with Crippen LogP contribution < -0.4 is 0 Å². The fourth-order valence-electron chi connectivity index (χ4n) is 2.95. The molecule has 0 aromatic carbocycles. The van der Waals surface area contributed by atoms with E-state index >= 15 is 0 Å². The standard InChI is InChI=1S/C15H18F4N6O3S/c1-22-8-10(7-20-22)29(27,28)24-4-2-23(3-5-24)13(26)9-25-12(15(18)19)6-11(21-25)14(16)17/h6-8,14-15H,2-5,9H2,1H3. The molecule has 14 heteroatoms. The Kier molecular flexibility index (Phi) is 5.93. The molecule has 1 amide bonds. The second-order valence-corrected chi connectivity index (χ2v) is 8.33. The Morgan fingerprint density at radius 1 is 1.14 bits per heavy atom. The SMILES string of the molecule is Cn1cc(S(=O)(=O)N2CCN(C(=O)Cn3nc(C(F)F)cc3C(F)F)CC2)cn1. The zero-order valence-electron chi connectivity index (χ0n) is 15.3. The molecule has 3 heterocycles. The lowest BCUT2D eigenvalue weighted by Crippen LogP contribution is -2.51. The molecule has 160 valence electrons. The molecule has 0 spiro atoms. The summed E-state index contributed by atoms with van der Waals surface area (Å²) >= 11 is 0. The lowest BCUT2D eigenvalue weighted by atomic mass is 10.3. The molecule has 0 saturated carbocycles. The van der Waals surface area contributed by atoms with E-state index in [0.717, 1.165) is 0 Å². The van der Waals surface area contributed by atoms with Crippen LogP contribution in [0.15, 0.2) is 23.4 Å². The van der Waals surface area contributed by atoms with E-state index in [1.165, 1.54) is 26.3 Å². The van der Waals surface area contributed by atoms with Crippen molar-refractivity contribution in [3.8, 4) is 0 Å². The highest BCUT2D eigenvalue weighted by atomic mass is 32.2. The molecule has 2 aromatic rings. The quantitative estimate of drug-likeness (QED) is 0.628. The third-order valence-electron chi connectivity index (χ3n) is 4.47. The van der Waals surface area contributed by atoms with Crippen LogP contribution in [0, 0.1) is 0 Å². The van der Waals surface area contributed by atoms with Crippen LogP contribution in [0.1, 0.15) is 24.2 Å². The molecule has 1 fully saturated rings. The van der Waals surface area contributed by atoms with E-state index in [0.29, 0.717) is 10.7 Å². The van der Waals surface area contributed by atoms with Gasteiger partial charge in [0.1, 0.15) is 22.8 Å². The molecule has 29 heavy (non-hydrogen) atoms. The number of sulfonamides is 1. The average molecular weight is 438 g/mol. The molecular formula is C15H18F4N6O3S. The molecule has 9 nitrogen and oxygen atoms in total. The number of hydrogen-bond donors (Lipinski definition) is 0. The first kappa shape index (κ1) is 21.2. The summed E-state index contributed by atoms with van der Waals surface area (Å²) in [5, 5.41) is 7.21. The number of rotatable bonds is 6. The average Bonchev–Trinajstić information content (AvgIpc) is 3.29. The van der Waals surface area contributed by atoms with Gasteiger partial charge >= 0.3 is 0 Å². The van der Waals surface area contributed by atoms with Crippen molar-refractivity contribution in [2.24, 2.45) is 7.05 Å². The predicted molar refractivity (Wildman–Crippen MR) is 90.7 cm³/mol. The highest BCUT2D eigenvalue weighted by Gasteiger charge is 2.31. The van der Waals surface area contributed by atoms with Crippen LogP contribution in [0.25, 0.3) is 0 Å². The first-order valence-corrected chi connectivity index (χ1v) is 9.94. The number of halogens is 4. The summed E-state index contributed by atoms with van der Waals surface area (Å²) < 4.78 is 79.7. The number of aryl methyl sites for hydroxylation is 1. The van der Waals surface area contributed by atoms with Crippen LogP contribution in [0.5, 0.6) is 0 Å². The first-order chi connectivity index (χ1) is 13.6. The van der Waals surface area contributed by atoms with E-state index in [-0.39, 0.29) is 31.1 Å². The van der Waals surface area contributed by atoms with Crippen LogP contribution in [-0.4, -0.2) is 69.3 Å². The lowest BCUT2D eigenvalue weighted by Gasteiger charge is -2.33. The Bertz CT molecular complexity index is 982. The Morgan fingerprint density at radius 3 is 2.31 bits per heavy atom. The Labute approximate surface area is 163 Å². The molecule has 0 N–H and O–H groups in total.